The second kappa shape index (κ2) is 9.33. The molecule has 7 heteroatoms. The highest BCUT2D eigenvalue weighted by molar-refractivity contribution is 5.94. The van der Waals surface area contributed by atoms with Crippen molar-refractivity contribution in [2.75, 3.05) is 20.8 Å². The molecule has 2 aromatic rings. The van der Waals surface area contributed by atoms with Crippen molar-refractivity contribution >= 4 is 11.9 Å². The fourth-order valence-corrected chi connectivity index (χ4v) is 4.18. The molecule has 1 aliphatic carbocycles. The van der Waals surface area contributed by atoms with E-state index in [2.05, 4.69) is 0 Å². The molecule has 2 aliphatic rings. The maximum absolute atomic E-state index is 12.9. The van der Waals surface area contributed by atoms with E-state index in [1.807, 2.05) is 38.1 Å². The predicted molar refractivity (Wildman–Crippen MR) is 122 cm³/mol. The summed E-state index contributed by atoms with van der Waals surface area (Å²) in [6.07, 6.45) is 3.04. The third-order valence-corrected chi connectivity index (χ3v) is 6.61. The van der Waals surface area contributed by atoms with Gasteiger partial charge in [-0.05, 0) is 56.0 Å². The van der Waals surface area contributed by atoms with Crippen molar-refractivity contribution in [3.63, 3.8) is 0 Å². The van der Waals surface area contributed by atoms with Crippen molar-refractivity contribution in [1.29, 1.82) is 0 Å². The van der Waals surface area contributed by atoms with Gasteiger partial charge in [0.25, 0.3) is 0 Å². The summed E-state index contributed by atoms with van der Waals surface area (Å²) in [6, 6.07) is 9.24. The molecule has 1 fully saturated rings. The van der Waals surface area contributed by atoms with Crippen molar-refractivity contribution in [2.45, 2.75) is 52.2 Å². The summed E-state index contributed by atoms with van der Waals surface area (Å²) in [7, 11) is 3.12. The zero-order valence-corrected chi connectivity index (χ0v) is 19.6. The molecule has 0 amide bonds. The number of fused-ring (bicyclic) bond motifs is 1. The van der Waals surface area contributed by atoms with E-state index < -0.39 is 5.41 Å². The summed E-state index contributed by atoms with van der Waals surface area (Å²) in [5.41, 5.74) is 2.37. The highest BCUT2D eigenvalue weighted by atomic mass is 16.6. The number of esters is 2. The minimum Gasteiger partial charge on any atom is -0.493 e. The average Bonchev–Trinajstić information content (AvgIpc) is 3.17. The van der Waals surface area contributed by atoms with Crippen LogP contribution in [-0.4, -0.2) is 38.9 Å². The molecular weight excluding hydrogens is 424 g/mol. The van der Waals surface area contributed by atoms with E-state index in [9.17, 15) is 9.59 Å². The molecule has 0 bridgehead atoms. The molecule has 0 N–H and O–H groups in total. The van der Waals surface area contributed by atoms with Gasteiger partial charge in [0.15, 0.2) is 11.5 Å². The van der Waals surface area contributed by atoms with Crippen molar-refractivity contribution in [1.82, 2.24) is 0 Å². The Balaban J connectivity index is 1.68. The summed E-state index contributed by atoms with van der Waals surface area (Å²) in [5.74, 6) is 0.949. The van der Waals surface area contributed by atoms with Crippen molar-refractivity contribution in [3.8, 4) is 28.4 Å². The fourth-order valence-electron chi connectivity index (χ4n) is 4.18. The Hall–Kier alpha value is -3.22. The standard InChI is InChI=1S/C26H30O7/c1-5-16(2)33-25(28)26(11-6-12-26)15-32-22-19(9-10-21(29-3)23(22)30-4)17-7-8-20-18(13-17)14-31-24(20)27/h7-10,13,16H,5-6,11-12,14-15H2,1-4H3/t16-/m0/s1. The lowest BCUT2D eigenvalue weighted by Gasteiger charge is -2.39. The van der Waals surface area contributed by atoms with E-state index in [4.69, 9.17) is 23.7 Å². The Morgan fingerprint density at radius 1 is 1.09 bits per heavy atom. The second-order valence-corrected chi connectivity index (χ2v) is 8.67. The van der Waals surface area contributed by atoms with Crippen molar-refractivity contribution in [2.24, 2.45) is 5.41 Å². The van der Waals surface area contributed by atoms with Crippen LogP contribution in [0.1, 0.15) is 55.5 Å². The molecule has 0 radical (unpaired) electrons. The average molecular weight is 455 g/mol. The lowest BCUT2D eigenvalue weighted by molar-refractivity contribution is -0.169. The lowest BCUT2D eigenvalue weighted by atomic mass is 9.69. The molecular formula is C26H30O7. The van der Waals surface area contributed by atoms with Gasteiger partial charge in [-0.2, -0.15) is 0 Å². The summed E-state index contributed by atoms with van der Waals surface area (Å²) in [4.78, 5) is 24.8. The zero-order chi connectivity index (χ0) is 23.6. The number of methoxy groups -OCH3 is 2. The van der Waals surface area contributed by atoms with Gasteiger partial charge < -0.3 is 23.7 Å². The second-order valence-electron chi connectivity index (χ2n) is 8.67. The van der Waals surface area contributed by atoms with Crippen LogP contribution in [0.15, 0.2) is 30.3 Å². The largest absolute Gasteiger partial charge is 0.493 e. The van der Waals surface area contributed by atoms with Crippen LogP contribution in [0.4, 0.5) is 0 Å². The van der Waals surface area contributed by atoms with Crippen LogP contribution in [-0.2, 0) is 20.9 Å². The molecule has 33 heavy (non-hydrogen) atoms. The molecule has 0 unspecified atom stereocenters. The SMILES string of the molecule is CC[C@H](C)OC(=O)C1(COc2c(-c3ccc4c(c3)COC4=O)ccc(OC)c2OC)CCC1. The van der Waals surface area contributed by atoms with Crippen LogP contribution in [0.2, 0.25) is 0 Å². The summed E-state index contributed by atoms with van der Waals surface area (Å²) in [5, 5.41) is 0. The first-order valence-corrected chi connectivity index (χ1v) is 11.3. The van der Waals surface area contributed by atoms with Gasteiger partial charge in [0, 0.05) is 11.1 Å². The highest BCUT2D eigenvalue weighted by Gasteiger charge is 2.47. The van der Waals surface area contributed by atoms with Crippen LogP contribution >= 0.6 is 0 Å². The lowest BCUT2D eigenvalue weighted by Crippen LogP contribution is -2.45. The first kappa shape index (κ1) is 23.0. The van der Waals surface area contributed by atoms with Crippen LogP contribution in [0.25, 0.3) is 11.1 Å². The monoisotopic (exact) mass is 454 g/mol. The number of carbonyl (C=O) groups is 2. The molecule has 1 heterocycles. The van der Waals surface area contributed by atoms with Crippen molar-refractivity contribution < 1.29 is 33.3 Å². The van der Waals surface area contributed by atoms with Crippen LogP contribution in [0.5, 0.6) is 17.2 Å². The molecule has 1 atom stereocenters. The molecule has 0 aromatic heterocycles. The number of ether oxygens (including phenoxy) is 5. The van der Waals surface area contributed by atoms with E-state index in [0.29, 0.717) is 22.8 Å². The van der Waals surface area contributed by atoms with E-state index in [1.165, 1.54) is 0 Å². The normalized spacial score (nSPS) is 16.8. The highest BCUT2D eigenvalue weighted by Crippen LogP contribution is 2.48. The minimum atomic E-state index is -0.660. The molecule has 1 aliphatic heterocycles. The third kappa shape index (κ3) is 4.24. The number of cyclic esters (lactones) is 1. The summed E-state index contributed by atoms with van der Waals surface area (Å²) >= 11 is 0. The third-order valence-electron chi connectivity index (χ3n) is 6.61. The number of rotatable bonds is 9. The Bertz CT molecular complexity index is 1050. The first-order valence-electron chi connectivity index (χ1n) is 11.3. The Kier molecular flexibility index (Phi) is 6.49. The molecule has 176 valence electrons. The summed E-state index contributed by atoms with van der Waals surface area (Å²) in [6.45, 7) is 4.32. The quantitative estimate of drug-likeness (QED) is 0.497. The number of carbonyl (C=O) groups excluding carboxylic acids is 2. The maximum atomic E-state index is 12.9. The van der Waals surface area contributed by atoms with Crippen LogP contribution in [0.3, 0.4) is 0 Å². The van der Waals surface area contributed by atoms with Gasteiger partial charge >= 0.3 is 11.9 Å². The van der Waals surface area contributed by atoms with Gasteiger partial charge in [-0.1, -0.05) is 19.4 Å². The van der Waals surface area contributed by atoms with E-state index in [-0.39, 0.29) is 31.3 Å². The molecule has 1 saturated carbocycles. The number of hydrogen-bond acceptors (Lipinski definition) is 7. The van der Waals surface area contributed by atoms with Crippen LogP contribution in [0, 0.1) is 5.41 Å². The topological polar surface area (TPSA) is 80.3 Å². The van der Waals surface area contributed by atoms with E-state index in [0.717, 1.165) is 42.4 Å². The molecule has 0 saturated heterocycles. The Morgan fingerprint density at radius 3 is 2.48 bits per heavy atom. The van der Waals surface area contributed by atoms with Crippen LogP contribution < -0.4 is 14.2 Å². The zero-order valence-electron chi connectivity index (χ0n) is 19.6. The van der Waals surface area contributed by atoms with Crippen molar-refractivity contribution in [3.05, 3.63) is 41.5 Å². The van der Waals surface area contributed by atoms with E-state index >= 15 is 0 Å². The number of hydrogen-bond donors (Lipinski definition) is 0. The first-order chi connectivity index (χ1) is 15.9. The van der Waals surface area contributed by atoms with Gasteiger partial charge in [0.05, 0.1) is 25.9 Å². The summed E-state index contributed by atoms with van der Waals surface area (Å²) < 4.78 is 28.3. The van der Waals surface area contributed by atoms with Gasteiger partial charge in [0.1, 0.15) is 18.6 Å². The smallest absolute Gasteiger partial charge is 0.338 e. The Morgan fingerprint density at radius 2 is 1.85 bits per heavy atom. The van der Waals surface area contributed by atoms with E-state index in [1.54, 1.807) is 20.3 Å². The van der Waals surface area contributed by atoms with Gasteiger partial charge in [-0.25, -0.2) is 4.79 Å². The number of benzene rings is 2. The molecule has 4 rings (SSSR count). The Labute approximate surface area is 193 Å². The minimum absolute atomic E-state index is 0.131. The molecule has 2 aromatic carbocycles. The maximum Gasteiger partial charge on any atom is 0.338 e. The fraction of sp³-hybridized carbons (Fsp3) is 0.462. The predicted octanol–water partition coefficient (Wildman–Crippen LogP) is 4.93. The molecule has 7 nitrogen and oxygen atoms in total. The van der Waals surface area contributed by atoms with Gasteiger partial charge in [-0.15, -0.1) is 0 Å². The van der Waals surface area contributed by atoms with Gasteiger partial charge in [-0.3, -0.25) is 4.79 Å². The van der Waals surface area contributed by atoms with Gasteiger partial charge in [0.2, 0.25) is 5.75 Å². The molecule has 0 spiro atoms.